The van der Waals surface area contributed by atoms with E-state index in [9.17, 15) is 22.8 Å². The predicted molar refractivity (Wildman–Crippen MR) is 129 cm³/mol. The van der Waals surface area contributed by atoms with Gasteiger partial charge in [0.1, 0.15) is 22.7 Å². The largest absolute Gasteiger partial charge is 0.445 e. The van der Waals surface area contributed by atoms with Gasteiger partial charge < -0.3 is 15.4 Å². The fourth-order valence-corrected chi connectivity index (χ4v) is 4.90. The maximum absolute atomic E-state index is 12.6. The van der Waals surface area contributed by atoms with Crippen LogP contribution in [0.15, 0.2) is 35.2 Å². The summed E-state index contributed by atoms with van der Waals surface area (Å²) < 4.78 is 33.5. The first-order chi connectivity index (χ1) is 16.4. The highest BCUT2D eigenvalue weighted by Gasteiger charge is 2.26. The van der Waals surface area contributed by atoms with E-state index < -0.39 is 46.9 Å². The molecule has 35 heavy (non-hydrogen) atoms. The first kappa shape index (κ1) is 28.3. The van der Waals surface area contributed by atoms with Gasteiger partial charge in [-0.2, -0.15) is 5.10 Å². The first-order valence-electron chi connectivity index (χ1n) is 10.9. The van der Waals surface area contributed by atoms with Crippen LogP contribution < -0.4 is 15.4 Å². The number of halogens is 1. The molecule has 2 amide bonds. The van der Waals surface area contributed by atoms with Crippen molar-refractivity contribution < 1.29 is 27.5 Å². The summed E-state index contributed by atoms with van der Waals surface area (Å²) in [5, 5.41) is 8.80. The average molecular weight is 528 g/mol. The molecule has 0 saturated heterocycles. The van der Waals surface area contributed by atoms with Crippen LogP contribution in [0, 0.1) is 12.8 Å². The molecular formula is C22H30ClN5O6S. The zero-order valence-corrected chi connectivity index (χ0v) is 21.6. The van der Waals surface area contributed by atoms with Crippen molar-refractivity contribution in [3.63, 3.8) is 0 Å². The molecule has 1 heterocycles. The molecule has 1 aromatic carbocycles. The number of ether oxygens (including phenoxy) is 1. The van der Waals surface area contributed by atoms with Gasteiger partial charge in [-0.05, 0) is 24.8 Å². The van der Waals surface area contributed by atoms with Crippen molar-refractivity contribution in [2.24, 2.45) is 13.0 Å². The van der Waals surface area contributed by atoms with Crippen LogP contribution in [0.2, 0.25) is 5.15 Å². The summed E-state index contributed by atoms with van der Waals surface area (Å²) in [6.45, 7) is 4.29. The summed E-state index contributed by atoms with van der Waals surface area (Å²) in [6, 6.07) is 8.14. The summed E-state index contributed by atoms with van der Waals surface area (Å²) in [7, 11) is -2.59. The molecule has 2 aromatic rings. The van der Waals surface area contributed by atoms with Crippen LogP contribution in [-0.4, -0.2) is 55.1 Å². The molecular weight excluding hydrogens is 498 g/mol. The molecule has 2 rings (SSSR count). The fourth-order valence-electron chi connectivity index (χ4n) is 3.14. The number of rotatable bonds is 12. The second kappa shape index (κ2) is 12.7. The van der Waals surface area contributed by atoms with Crippen LogP contribution in [0.4, 0.5) is 4.79 Å². The van der Waals surface area contributed by atoms with Gasteiger partial charge in [0.05, 0.1) is 18.8 Å². The summed E-state index contributed by atoms with van der Waals surface area (Å²) in [4.78, 5) is 36.8. The van der Waals surface area contributed by atoms with Gasteiger partial charge in [-0.1, -0.05) is 55.8 Å². The van der Waals surface area contributed by atoms with Crippen molar-refractivity contribution >= 4 is 39.4 Å². The molecule has 0 unspecified atom stereocenters. The highest BCUT2D eigenvalue weighted by atomic mass is 35.5. The van der Waals surface area contributed by atoms with E-state index in [0.29, 0.717) is 6.42 Å². The molecule has 0 aliphatic rings. The molecule has 13 heteroatoms. The van der Waals surface area contributed by atoms with E-state index >= 15 is 0 Å². The van der Waals surface area contributed by atoms with E-state index in [0.717, 1.165) is 5.56 Å². The van der Waals surface area contributed by atoms with Gasteiger partial charge >= 0.3 is 6.09 Å². The van der Waals surface area contributed by atoms with Gasteiger partial charge in [-0.15, -0.1) is 0 Å². The molecule has 3 N–H and O–H groups in total. The van der Waals surface area contributed by atoms with Crippen molar-refractivity contribution in [1.29, 1.82) is 0 Å². The monoisotopic (exact) mass is 527 g/mol. The van der Waals surface area contributed by atoms with E-state index in [1.54, 1.807) is 12.1 Å². The summed E-state index contributed by atoms with van der Waals surface area (Å²) in [5.74, 6) is -1.11. The fraction of sp³-hybridized carbons (Fsp3) is 0.455. The number of carbonyl (C=O) groups is 3. The number of amides is 2. The van der Waals surface area contributed by atoms with Gasteiger partial charge in [0.2, 0.25) is 15.9 Å². The highest BCUT2D eigenvalue weighted by Crippen LogP contribution is 2.23. The van der Waals surface area contributed by atoms with Crippen molar-refractivity contribution in [3.05, 3.63) is 46.7 Å². The number of aromatic nitrogens is 2. The Morgan fingerprint density at radius 3 is 2.37 bits per heavy atom. The number of carbonyl (C=O) groups excluding carboxylic acids is 3. The zero-order valence-electron chi connectivity index (χ0n) is 20.0. The lowest BCUT2D eigenvalue weighted by molar-refractivity contribution is -0.126. The average Bonchev–Trinajstić information content (AvgIpc) is 3.06. The summed E-state index contributed by atoms with van der Waals surface area (Å²) >= 11 is 5.99. The molecule has 0 radical (unpaired) electrons. The number of sulfonamides is 1. The number of hydrogen-bond donors (Lipinski definition) is 3. The third-order valence-electron chi connectivity index (χ3n) is 4.82. The van der Waals surface area contributed by atoms with Crippen molar-refractivity contribution in [1.82, 2.24) is 25.1 Å². The van der Waals surface area contributed by atoms with Crippen molar-refractivity contribution in [2.45, 2.75) is 44.7 Å². The number of benzene rings is 1. The van der Waals surface area contributed by atoms with Gasteiger partial charge in [-0.3, -0.25) is 14.3 Å². The molecule has 1 aromatic heterocycles. The van der Waals surface area contributed by atoms with Crippen LogP contribution >= 0.6 is 11.6 Å². The minimum absolute atomic E-state index is 0.0434. The Morgan fingerprint density at radius 1 is 1.14 bits per heavy atom. The van der Waals surface area contributed by atoms with E-state index in [2.05, 4.69) is 20.5 Å². The highest BCUT2D eigenvalue weighted by molar-refractivity contribution is 7.89. The molecule has 192 valence electrons. The van der Waals surface area contributed by atoms with Gasteiger partial charge in [0.25, 0.3) is 0 Å². The smallest absolute Gasteiger partial charge is 0.408 e. The standard InChI is InChI=1S/C22H30ClN5O6S/c1-14(2)10-18(26-22(31)34-13-16-8-6-5-7-9-16)21(30)24-11-17(29)12-25-35(32,33)19-15(3)27-28(4)20(19)23/h5-9,14,18,25H,10-13H2,1-4H3,(H,24,30)(H,26,31)/t18-/m0/s1. The Hall–Kier alpha value is -2.96. The third-order valence-corrected chi connectivity index (χ3v) is 6.91. The number of hydrogen-bond acceptors (Lipinski definition) is 7. The quantitative estimate of drug-likeness (QED) is 0.380. The third kappa shape index (κ3) is 8.64. The summed E-state index contributed by atoms with van der Waals surface area (Å²) in [6.07, 6.45) is -0.455. The van der Waals surface area contributed by atoms with Crippen LogP contribution in [-0.2, 0) is 38.0 Å². The first-order valence-corrected chi connectivity index (χ1v) is 12.7. The lowest BCUT2D eigenvalue weighted by Gasteiger charge is -2.20. The van der Waals surface area contributed by atoms with E-state index in [1.165, 1.54) is 18.7 Å². The number of aryl methyl sites for hydroxylation is 2. The Balaban J connectivity index is 1.88. The minimum Gasteiger partial charge on any atom is -0.445 e. The lowest BCUT2D eigenvalue weighted by atomic mass is 10.0. The van der Waals surface area contributed by atoms with Gasteiger partial charge in [0, 0.05) is 7.05 Å². The Labute approximate surface area is 209 Å². The van der Waals surface area contributed by atoms with E-state index in [4.69, 9.17) is 16.3 Å². The molecule has 0 fully saturated rings. The number of alkyl carbamates (subject to hydrolysis) is 1. The van der Waals surface area contributed by atoms with E-state index in [-0.39, 0.29) is 28.3 Å². The summed E-state index contributed by atoms with van der Waals surface area (Å²) in [5.41, 5.74) is 0.982. The van der Waals surface area contributed by atoms with Crippen molar-refractivity contribution in [2.75, 3.05) is 13.1 Å². The molecule has 0 spiro atoms. The molecule has 0 saturated carbocycles. The molecule has 0 bridgehead atoms. The van der Waals surface area contributed by atoms with Crippen LogP contribution in [0.25, 0.3) is 0 Å². The SMILES string of the molecule is Cc1nn(C)c(Cl)c1S(=O)(=O)NCC(=O)CNC(=O)[C@H](CC(C)C)NC(=O)OCc1ccccc1. The van der Waals surface area contributed by atoms with Crippen LogP contribution in [0.3, 0.4) is 0 Å². The molecule has 11 nitrogen and oxygen atoms in total. The normalized spacial score (nSPS) is 12.3. The Morgan fingerprint density at radius 2 is 1.80 bits per heavy atom. The van der Waals surface area contributed by atoms with E-state index in [1.807, 2.05) is 32.0 Å². The van der Waals surface area contributed by atoms with Crippen LogP contribution in [0.1, 0.15) is 31.5 Å². The Kier molecular flexibility index (Phi) is 10.2. The molecule has 1 atom stereocenters. The second-order valence-electron chi connectivity index (χ2n) is 8.30. The maximum atomic E-state index is 12.6. The topological polar surface area (TPSA) is 148 Å². The molecule has 0 aliphatic heterocycles. The van der Waals surface area contributed by atoms with Crippen LogP contribution in [0.5, 0.6) is 0 Å². The molecule has 0 aliphatic carbocycles. The van der Waals surface area contributed by atoms with Gasteiger partial charge in [-0.25, -0.2) is 17.9 Å². The number of nitrogens with zero attached hydrogens (tertiary/aromatic N) is 2. The Bertz CT molecular complexity index is 1150. The second-order valence-corrected chi connectivity index (χ2v) is 10.4. The number of nitrogens with one attached hydrogen (secondary N) is 3. The van der Waals surface area contributed by atoms with Crippen molar-refractivity contribution in [3.8, 4) is 0 Å². The number of Topliss-reactive ketones (excluding diaryl/α,β-unsaturated/α-hetero) is 1. The van der Waals surface area contributed by atoms with Gasteiger partial charge in [0.15, 0.2) is 5.78 Å². The lowest BCUT2D eigenvalue weighted by Crippen LogP contribution is -2.49. The predicted octanol–water partition coefficient (Wildman–Crippen LogP) is 1.69. The number of ketones is 1. The minimum atomic E-state index is -4.08. The maximum Gasteiger partial charge on any atom is 0.408 e. The zero-order chi connectivity index (χ0) is 26.2.